The molecule has 0 aliphatic carbocycles. The summed E-state index contributed by atoms with van der Waals surface area (Å²) in [5.74, 6) is -0.238. The van der Waals surface area contributed by atoms with Gasteiger partial charge >= 0.3 is 15.6 Å². The van der Waals surface area contributed by atoms with Crippen molar-refractivity contribution in [2.24, 2.45) is 0 Å². The Hall–Kier alpha value is -3.48. The summed E-state index contributed by atoms with van der Waals surface area (Å²) in [6, 6.07) is 0. The molecule has 0 amide bonds. The lowest BCUT2D eigenvalue weighted by Gasteiger charge is -2.27. The third kappa shape index (κ3) is 6.00. The Balaban J connectivity index is 1.23. The summed E-state index contributed by atoms with van der Waals surface area (Å²) in [7, 11) is -10.2. The zero-order valence-electron chi connectivity index (χ0n) is 24.2. The van der Waals surface area contributed by atoms with Crippen molar-refractivity contribution >= 4 is 49.7 Å². The second-order valence-electron chi connectivity index (χ2n) is 10.7. The number of aromatic nitrogens is 8. The van der Waals surface area contributed by atoms with Crippen molar-refractivity contribution in [3.8, 4) is 0 Å². The second-order valence-corrected chi connectivity index (χ2v) is 13.5. The highest BCUT2D eigenvalue weighted by Gasteiger charge is 2.54. The first kappa shape index (κ1) is 33.0. The number of nitrogens with two attached hydrogens (primary N) is 2. The third-order valence-corrected chi connectivity index (χ3v) is 9.67. The van der Waals surface area contributed by atoms with Gasteiger partial charge in [0.25, 0.3) is 5.56 Å². The number of rotatable bonds is 5. The molecule has 48 heavy (non-hydrogen) atoms. The summed E-state index contributed by atoms with van der Waals surface area (Å²) in [4.78, 5) is 56.5. The fourth-order valence-corrected chi connectivity index (χ4v) is 7.53. The van der Waals surface area contributed by atoms with Crippen molar-refractivity contribution in [1.29, 1.82) is 0 Å². The molecule has 0 aromatic carbocycles. The highest BCUT2D eigenvalue weighted by atomic mass is 31.2. The van der Waals surface area contributed by atoms with Gasteiger partial charge in [-0.1, -0.05) is 0 Å². The van der Waals surface area contributed by atoms with E-state index in [-0.39, 0.29) is 40.7 Å². The Labute approximate surface area is 266 Å². The third-order valence-electron chi connectivity index (χ3n) is 7.70. The molecule has 4 aromatic rings. The molecule has 7 rings (SSSR count). The van der Waals surface area contributed by atoms with Crippen molar-refractivity contribution in [3.63, 3.8) is 0 Å². The minimum Gasteiger partial charge on any atom is -0.394 e. The average molecular weight is 718 g/mol. The maximum atomic E-state index is 13.4. The van der Waals surface area contributed by atoms with Crippen molar-refractivity contribution < 1.29 is 61.4 Å². The molecule has 2 bridgehead atoms. The Kier molecular flexibility index (Phi) is 8.56. The zero-order chi connectivity index (χ0) is 34.0. The number of nitrogen functional groups attached to an aromatic ring is 2. The monoisotopic (exact) mass is 718 g/mol. The van der Waals surface area contributed by atoms with Gasteiger partial charge < -0.3 is 45.7 Å². The number of nitrogens with zero attached hydrogens (tertiary/aromatic N) is 7. The number of hydrogen-bond donors (Lipinski definition) is 7. The van der Waals surface area contributed by atoms with Gasteiger partial charge in [-0.2, -0.15) is 4.98 Å². The molecule has 10 atom stereocenters. The summed E-state index contributed by atoms with van der Waals surface area (Å²) >= 11 is 0. The van der Waals surface area contributed by atoms with Gasteiger partial charge in [0.05, 0.1) is 39.1 Å². The van der Waals surface area contributed by atoms with E-state index in [1.165, 1.54) is 17.2 Å². The van der Waals surface area contributed by atoms with Gasteiger partial charge in [-0.05, 0) is 0 Å². The Morgan fingerprint density at radius 1 is 0.917 bits per heavy atom. The molecule has 0 saturated carbocycles. The van der Waals surface area contributed by atoms with E-state index in [2.05, 4.69) is 29.9 Å². The lowest BCUT2D eigenvalue weighted by molar-refractivity contribution is -0.0771. The average Bonchev–Trinajstić information content (AvgIpc) is 3.79. The maximum Gasteiger partial charge on any atom is 0.472 e. The van der Waals surface area contributed by atoms with Crippen LogP contribution in [0.3, 0.4) is 0 Å². The molecule has 0 radical (unpaired) electrons. The van der Waals surface area contributed by atoms with Gasteiger partial charge in [0.15, 0.2) is 35.1 Å². The summed E-state index contributed by atoms with van der Waals surface area (Å²) < 4.78 is 68.2. The van der Waals surface area contributed by atoms with Crippen LogP contribution >= 0.6 is 15.6 Å². The highest BCUT2D eigenvalue weighted by Crippen LogP contribution is 2.54. The van der Waals surface area contributed by atoms with Crippen LogP contribution in [-0.4, -0.2) is 122 Å². The molecule has 3 fully saturated rings. The van der Waals surface area contributed by atoms with E-state index in [1.54, 1.807) is 0 Å². The highest BCUT2D eigenvalue weighted by molar-refractivity contribution is 7.47. The van der Waals surface area contributed by atoms with Crippen LogP contribution < -0.4 is 17.0 Å². The first-order valence-corrected chi connectivity index (χ1v) is 17.0. The predicted octanol–water partition coefficient (Wildman–Crippen LogP) is -2.32. The van der Waals surface area contributed by atoms with E-state index < -0.39 is 90.1 Å². The summed E-state index contributed by atoms with van der Waals surface area (Å²) in [5, 5.41) is 20.6. The van der Waals surface area contributed by atoms with Gasteiger partial charge in [-0.15, -0.1) is 0 Å². The van der Waals surface area contributed by atoms with Crippen molar-refractivity contribution in [2.75, 3.05) is 37.9 Å². The number of phosphoric ester groups is 2. The van der Waals surface area contributed by atoms with Crippen LogP contribution in [0.1, 0.15) is 12.5 Å². The molecular formula is C22H28N10O14P2. The van der Waals surface area contributed by atoms with Crippen LogP contribution in [0.2, 0.25) is 0 Å². The van der Waals surface area contributed by atoms with Crippen LogP contribution in [0.4, 0.5) is 11.8 Å². The molecule has 7 heterocycles. The van der Waals surface area contributed by atoms with Crippen LogP contribution in [0, 0.1) is 0 Å². The predicted molar refractivity (Wildman–Crippen MR) is 154 cm³/mol. The minimum atomic E-state index is -5.13. The summed E-state index contributed by atoms with van der Waals surface area (Å²) in [5.41, 5.74) is 11.0. The minimum absolute atomic E-state index is 0.0467. The van der Waals surface area contributed by atoms with Gasteiger partial charge in [-0.3, -0.25) is 37.0 Å². The van der Waals surface area contributed by atoms with E-state index in [0.29, 0.717) is 0 Å². The second kappa shape index (κ2) is 12.4. The first-order chi connectivity index (χ1) is 22.9. The first-order valence-electron chi connectivity index (χ1n) is 14.0. The van der Waals surface area contributed by atoms with Gasteiger partial charge in [0.1, 0.15) is 48.5 Å². The molecule has 26 heteroatoms. The number of aliphatic hydroxyl groups is 2. The Morgan fingerprint density at radius 2 is 1.56 bits per heavy atom. The number of H-pyrrole nitrogens is 1. The largest absolute Gasteiger partial charge is 0.472 e. The molecule has 24 nitrogen and oxygen atoms in total. The van der Waals surface area contributed by atoms with Crippen LogP contribution in [0.15, 0.2) is 23.8 Å². The van der Waals surface area contributed by atoms with Crippen LogP contribution in [0.5, 0.6) is 0 Å². The number of anilines is 2. The number of aliphatic hydroxyl groups excluding tert-OH is 2. The van der Waals surface area contributed by atoms with E-state index >= 15 is 0 Å². The number of fused-ring (bicyclic) bond motifs is 5. The molecule has 3 saturated heterocycles. The number of nitrogens with one attached hydrogen (secondary N) is 1. The van der Waals surface area contributed by atoms with E-state index in [4.69, 9.17) is 43.8 Å². The molecule has 4 aromatic heterocycles. The van der Waals surface area contributed by atoms with Crippen molar-refractivity contribution in [2.45, 2.75) is 49.1 Å². The van der Waals surface area contributed by atoms with E-state index in [1.807, 2.05) is 0 Å². The van der Waals surface area contributed by atoms with Crippen molar-refractivity contribution in [3.05, 3.63) is 29.3 Å². The van der Waals surface area contributed by atoms with Gasteiger partial charge in [-0.25, -0.2) is 29.1 Å². The Morgan fingerprint density at radius 3 is 2.29 bits per heavy atom. The van der Waals surface area contributed by atoms with Gasteiger partial charge in [0, 0.05) is 0 Å². The quantitative estimate of drug-likeness (QED) is 0.106. The zero-order valence-corrected chi connectivity index (χ0v) is 26.0. The van der Waals surface area contributed by atoms with Crippen molar-refractivity contribution in [1.82, 2.24) is 39.0 Å². The Bertz CT molecular complexity index is 1990. The summed E-state index contributed by atoms with van der Waals surface area (Å²) in [6.45, 7) is -2.37. The molecule has 3 aliphatic heterocycles. The molecule has 260 valence electrons. The smallest absolute Gasteiger partial charge is 0.394 e. The summed E-state index contributed by atoms with van der Waals surface area (Å²) in [6.07, 6.45) is -8.42. The standard InChI is InChI=1S/C22H28N10O14P2/c23-16-10-17(26-5-25-16)31(6-27-10)21-15(40-2-1-33)13-9(44-21)4-42-48(38,39)46-14-12(34)8(3-41-47(36,37)45-13)43-20(14)32-7-28-11-18(32)29-22(24)30-19(11)35/h5-9,12-15,20-21,33-34H,1-4H2,(H,36,37)(H,38,39)(H2,23,25,26)(H3,24,29,30,35)/t8-,9-,12?,13?,14+,15+,20-,21-/m1/s1. The number of hydrogen-bond acceptors (Lipinski definition) is 19. The topological polar surface area (TPSA) is 339 Å². The fraction of sp³-hybridized carbons (Fsp3) is 0.545. The van der Waals surface area contributed by atoms with E-state index in [0.717, 1.165) is 10.9 Å². The van der Waals surface area contributed by atoms with Crippen LogP contribution in [0.25, 0.3) is 22.3 Å². The normalized spacial score (nSPS) is 36.1. The molecule has 0 spiro atoms. The van der Waals surface area contributed by atoms with Crippen LogP contribution in [-0.2, 0) is 41.4 Å². The van der Waals surface area contributed by atoms with E-state index in [9.17, 15) is 33.9 Å². The fourth-order valence-electron chi connectivity index (χ4n) is 5.64. The maximum absolute atomic E-state index is 13.4. The molecule has 9 N–H and O–H groups in total. The number of imidazole rings is 2. The number of ether oxygens (including phenoxy) is 3. The SMILES string of the molecule is Nc1nc2c(ncn2[C@@H]2O[C@@H]3COP(=O)(O)OC4[C@@H](COP(=O)(O)O[C@H]2C3O)O[C@@H](n2cnc3c(N)ncnc32)[C@H]4OCCO)c(=O)[nH]1. The van der Waals surface area contributed by atoms with Gasteiger partial charge in [0.2, 0.25) is 5.95 Å². The lowest BCUT2D eigenvalue weighted by atomic mass is 10.1. The molecule has 3 aliphatic rings. The lowest BCUT2D eigenvalue weighted by Crippen LogP contribution is -2.38. The molecule has 4 unspecified atom stereocenters. The molecular weight excluding hydrogens is 690 g/mol. The number of phosphoric acid groups is 2. The number of aromatic amines is 1.